The summed E-state index contributed by atoms with van der Waals surface area (Å²) in [6.07, 6.45) is 4.73. The van der Waals surface area contributed by atoms with Crippen LogP contribution in [-0.2, 0) is 16.6 Å². The molecule has 3 rings (SSSR count). The van der Waals surface area contributed by atoms with Gasteiger partial charge in [-0.05, 0) is 57.6 Å². The van der Waals surface area contributed by atoms with Gasteiger partial charge in [-0.1, -0.05) is 0 Å². The molecule has 0 bridgehead atoms. The fourth-order valence-corrected chi connectivity index (χ4v) is 5.19. The molecule has 2 fully saturated rings. The van der Waals surface area contributed by atoms with Gasteiger partial charge in [-0.3, -0.25) is 0 Å². The lowest BCUT2D eigenvalue weighted by molar-refractivity contribution is 0.401. The number of sulfonamides is 1. The average molecular weight is 314 g/mol. The van der Waals surface area contributed by atoms with E-state index >= 15 is 0 Å². The third-order valence-corrected chi connectivity index (χ3v) is 7.29. The van der Waals surface area contributed by atoms with Crippen LogP contribution in [0.15, 0.2) is 16.3 Å². The highest BCUT2D eigenvalue weighted by molar-refractivity contribution is 7.91. The maximum atomic E-state index is 12.4. The molecule has 1 heterocycles. The molecule has 0 amide bonds. The highest BCUT2D eigenvalue weighted by Crippen LogP contribution is 2.40. The summed E-state index contributed by atoms with van der Waals surface area (Å²) >= 11 is 1.37. The zero-order valence-electron chi connectivity index (χ0n) is 12.0. The van der Waals surface area contributed by atoms with Crippen molar-refractivity contribution in [1.29, 1.82) is 0 Å². The molecule has 1 aromatic rings. The van der Waals surface area contributed by atoms with Crippen LogP contribution in [0.3, 0.4) is 0 Å². The summed E-state index contributed by atoms with van der Waals surface area (Å²) in [7, 11) is -3.38. The van der Waals surface area contributed by atoms with E-state index in [1.54, 1.807) is 6.07 Å². The van der Waals surface area contributed by atoms with Gasteiger partial charge < -0.3 is 5.32 Å². The van der Waals surface area contributed by atoms with Crippen molar-refractivity contribution in [3.05, 3.63) is 17.0 Å². The first kappa shape index (κ1) is 14.5. The summed E-state index contributed by atoms with van der Waals surface area (Å²) in [5.41, 5.74) is -0.338. The molecule has 6 heteroatoms. The van der Waals surface area contributed by atoms with Crippen LogP contribution in [-0.4, -0.2) is 20.0 Å². The van der Waals surface area contributed by atoms with Crippen LogP contribution < -0.4 is 10.0 Å². The Labute approximate surface area is 125 Å². The van der Waals surface area contributed by atoms with E-state index in [9.17, 15) is 8.42 Å². The number of rotatable bonds is 7. The minimum atomic E-state index is -3.38. The fourth-order valence-electron chi connectivity index (χ4n) is 2.42. The van der Waals surface area contributed by atoms with Crippen molar-refractivity contribution in [3.8, 4) is 0 Å². The summed E-state index contributed by atoms with van der Waals surface area (Å²) < 4.78 is 28.1. The Kier molecular flexibility index (Phi) is 3.69. The van der Waals surface area contributed by atoms with Crippen LogP contribution >= 0.6 is 11.3 Å². The molecule has 20 heavy (non-hydrogen) atoms. The Balaban J connectivity index is 1.66. The van der Waals surface area contributed by atoms with Crippen LogP contribution in [0, 0.1) is 5.92 Å². The van der Waals surface area contributed by atoms with Crippen LogP contribution in [0.2, 0.25) is 0 Å². The van der Waals surface area contributed by atoms with Crippen molar-refractivity contribution in [2.75, 3.05) is 0 Å². The molecule has 0 saturated heterocycles. The Morgan fingerprint density at radius 1 is 1.25 bits per heavy atom. The molecular weight excluding hydrogens is 292 g/mol. The zero-order chi connectivity index (χ0) is 14.4. The van der Waals surface area contributed by atoms with Gasteiger partial charge in [0.15, 0.2) is 0 Å². The standard InChI is InChI=1S/C14H22N2O2S2/c1-14(2,10-3-4-10)16-20(17,18)13-8-7-12(19-13)9-15-11-5-6-11/h7-8,10-11,15-16H,3-6,9H2,1-2H3. The molecule has 0 aliphatic heterocycles. The average Bonchev–Trinajstić information content (AvgIpc) is 3.23. The number of nitrogens with one attached hydrogen (secondary N) is 2. The topological polar surface area (TPSA) is 58.2 Å². The Hall–Kier alpha value is -0.430. The minimum Gasteiger partial charge on any atom is -0.309 e. The highest BCUT2D eigenvalue weighted by Gasteiger charge is 2.40. The maximum Gasteiger partial charge on any atom is 0.250 e. The molecule has 0 atom stereocenters. The molecule has 2 saturated carbocycles. The van der Waals surface area contributed by atoms with Gasteiger partial charge in [0, 0.05) is 23.0 Å². The van der Waals surface area contributed by atoms with Crippen LogP contribution in [0.4, 0.5) is 0 Å². The predicted octanol–water partition coefficient (Wildman–Crippen LogP) is 2.47. The molecule has 2 aliphatic rings. The first-order valence-corrected chi connectivity index (χ1v) is 9.53. The quantitative estimate of drug-likeness (QED) is 0.813. The third kappa shape index (κ3) is 3.42. The molecule has 0 unspecified atom stereocenters. The second-order valence-electron chi connectivity index (χ2n) is 6.48. The summed E-state index contributed by atoms with van der Waals surface area (Å²) in [6.45, 7) is 4.73. The number of hydrogen-bond donors (Lipinski definition) is 2. The maximum absolute atomic E-state index is 12.4. The lowest BCUT2D eigenvalue weighted by Crippen LogP contribution is -2.44. The molecule has 4 nitrogen and oxygen atoms in total. The smallest absolute Gasteiger partial charge is 0.250 e. The first-order chi connectivity index (χ1) is 9.37. The van der Waals surface area contributed by atoms with Gasteiger partial charge in [-0.15, -0.1) is 11.3 Å². The van der Waals surface area contributed by atoms with Gasteiger partial charge in [0.25, 0.3) is 10.0 Å². The van der Waals surface area contributed by atoms with Crippen molar-refractivity contribution < 1.29 is 8.42 Å². The fraction of sp³-hybridized carbons (Fsp3) is 0.714. The van der Waals surface area contributed by atoms with Gasteiger partial charge >= 0.3 is 0 Å². The SMILES string of the molecule is CC(C)(NS(=O)(=O)c1ccc(CNC2CC2)s1)C1CC1. The first-order valence-electron chi connectivity index (χ1n) is 7.23. The predicted molar refractivity (Wildman–Crippen MR) is 81.3 cm³/mol. The van der Waals surface area contributed by atoms with E-state index in [2.05, 4.69) is 10.0 Å². The number of hydrogen-bond acceptors (Lipinski definition) is 4. The Morgan fingerprint density at radius 2 is 1.95 bits per heavy atom. The molecule has 1 aromatic heterocycles. The molecule has 2 aliphatic carbocycles. The molecule has 112 valence electrons. The summed E-state index contributed by atoms with van der Waals surface area (Å²) in [5, 5.41) is 3.41. The van der Waals surface area contributed by atoms with Crippen LogP contribution in [0.1, 0.15) is 44.4 Å². The van der Waals surface area contributed by atoms with Gasteiger partial charge in [0.1, 0.15) is 4.21 Å². The Bertz CT molecular complexity index is 584. The zero-order valence-corrected chi connectivity index (χ0v) is 13.6. The molecular formula is C14H22N2O2S2. The third-order valence-electron chi connectivity index (χ3n) is 4.04. The van der Waals surface area contributed by atoms with E-state index in [0.717, 1.165) is 24.3 Å². The van der Waals surface area contributed by atoms with Crippen molar-refractivity contribution in [2.45, 2.75) is 61.9 Å². The molecule has 0 aromatic carbocycles. The molecule has 0 radical (unpaired) electrons. The van der Waals surface area contributed by atoms with Gasteiger partial charge in [0.05, 0.1) is 0 Å². The van der Waals surface area contributed by atoms with Gasteiger partial charge in [0.2, 0.25) is 0 Å². The Morgan fingerprint density at radius 3 is 2.55 bits per heavy atom. The lowest BCUT2D eigenvalue weighted by Gasteiger charge is -2.25. The lowest BCUT2D eigenvalue weighted by atomic mass is 10.0. The number of thiophene rings is 1. The van der Waals surface area contributed by atoms with Crippen molar-refractivity contribution in [1.82, 2.24) is 10.0 Å². The summed E-state index contributed by atoms with van der Waals surface area (Å²) in [5.74, 6) is 0.480. The van der Waals surface area contributed by atoms with E-state index in [-0.39, 0.29) is 5.54 Å². The van der Waals surface area contributed by atoms with Crippen molar-refractivity contribution in [2.24, 2.45) is 5.92 Å². The van der Waals surface area contributed by atoms with E-state index in [1.165, 1.54) is 24.2 Å². The summed E-state index contributed by atoms with van der Waals surface area (Å²) in [6, 6.07) is 4.28. The minimum absolute atomic E-state index is 0.338. The van der Waals surface area contributed by atoms with Crippen molar-refractivity contribution in [3.63, 3.8) is 0 Å². The normalized spacial score (nSPS) is 20.3. The largest absolute Gasteiger partial charge is 0.309 e. The van der Waals surface area contributed by atoms with E-state index in [1.807, 2.05) is 19.9 Å². The van der Waals surface area contributed by atoms with Crippen LogP contribution in [0.5, 0.6) is 0 Å². The van der Waals surface area contributed by atoms with Crippen LogP contribution in [0.25, 0.3) is 0 Å². The van der Waals surface area contributed by atoms with E-state index < -0.39 is 10.0 Å². The van der Waals surface area contributed by atoms with Gasteiger partial charge in [-0.25, -0.2) is 13.1 Å². The van der Waals surface area contributed by atoms with Gasteiger partial charge in [-0.2, -0.15) is 0 Å². The monoisotopic (exact) mass is 314 g/mol. The molecule has 0 spiro atoms. The van der Waals surface area contributed by atoms with E-state index in [0.29, 0.717) is 16.2 Å². The highest BCUT2D eigenvalue weighted by atomic mass is 32.2. The summed E-state index contributed by atoms with van der Waals surface area (Å²) in [4.78, 5) is 1.08. The second kappa shape index (κ2) is 5.09. The van der Waals surface area contributed by atoms with E-state index in [4.69, 9.17) is 0 Å². The second-order valence-corrected chi connectivity index (χ2v) is 9.55. The molecule has 2 N–H and O–H groups in total. The van der Waals surface area contributed by atoms with Crippen molar-refractivity contribution >= 4 is 21.4 Å².